The van der Waals surface area contributed by atoms with E-state index in [-0.39, 0.29) is 5.28 Å². The van der Waals surface area contributed by atoms with Gasteiger partial charge >= 0.3 is 0 Å². The van der Waals surface area contributed by atoms with E-state index in [1.165, 1.54) is 0 Å². The lowest BCUT2D eigenvalue weighted by molar-refractivity contribution is 0.356. The summed E-state index contributed by atoms with van der Waals surface area (Å²) in [7, 11) is 3.17. The zero-order chi connectivity index (χ0) is 15.5. The van der Waals surface area contributed by atoms with Gasteiger partial charge in [-0.15, -0.1) is 0 Å². The molecule has 1 aromatic heterocycles. The van der Waals surface area contributed by atoms with Gasteiger partial charge in [0.1, 0.15) is 5.82 Å². The van der Waals surface area contributed by atoms with Crippen LogP contribution in [0, 0.1) is 0 Å². The largest absolute Gasteiger partial charge is 0.493 e. The van der Waals surface area contributed by atoms with Crippen LogP contribution in [0.1, 0.15) is 0 Å². The number of nitrogens with zero attached hydrogens (tertiary/aromatic N) is 2. The molecule has 112 valence electrons. The van der Waals surface area contributed by atoms with E-state index in [9.17, 15) is 0 Å². The second kappa shape index (κ2) is 6.07. The Bertz CT molecular complexity index is 809. The quantitative estimate of drug-likeness (QED) is 0.736. The molecule has 0 atom stereocenters. The Morgan fingerprint density at radius 3 is 2.32 bits per heavy atom. The van der Waals surface area contributed by atoms with Gasteiger partial charge in [-0.1, -0.05) is 18.2 Å². The first-order valence-electron chi connectivity index (χ1n) is 6.62. The SMILES string of the molecule is COc1cc2nc(Cl)nc(Nc3ccccc3)c2cc1OC. The van der Waals surface area contributed by atoms with Crippen LogP contribution in [-0.2, 0) is 0 Å². The fraction of sp³-hybridized carbons (Fsp3) is 0.125. The summed E-state index contributed by atoms with van der Waals surface area (Å²) in [6, 6.07) is 13.3. The standard InChI is InChI=1S/C16H14ClN3O2/c1-21-13-8-11-12(9-14(13)22-2)19-16(17)20-15(11)18-10-6-4-3-5-7-10/h3-9H,1-2H3,(H,18,19,20). The van der Waals surface area contributed by atoms with Crippen LogP contribution < -0.4 is 14.8 Å². The van der Waals surface area contributed by atoms with Crippen molar-refractivity contribution in [1.82, 2.24) is 9.97 Å². The summed E-state index contributed by atoms with van der Waals surface area (Å²) in [5.41, 5.74) is 1.59. The van der Waals surface area contributed by atoms with Crippen LogP contribution in [-0.4, -0.2) is 24.2 Å². The summed E-state index contributed by atoms with van der Waals surface area (Å²) < 4.78 is 10.6. The first kappa shape index (κ1) is 14.4. The molecule has 0 fully saturated rings. The minimum atomic E-state index is 0.165. The number of ether oxygens (including phenoxy) is 2. The van der Waals surface area contributed by atoms with Crippen molar-refractivity contribution in [2.24, 2.45) is 0 Å². The zero-order valence-corrected chi connectivity index (χ0v) is 12.9. The van der Waals surface area contributed by atoms with Crippen molar-refractivity contribution in [1.29, 1.82) is 0 Å². The number of hydrogen-bond acceptors (Lipinski definition) is 5. The maximum absolute atomic E-state index is 6.02. The van der Waals surface area contributed by atoms with Gasteiger partial charge in [-0.3, -0.25) is 0 Å². The molecule has 1 heterocycles. The Balaban J connectivity index is 2.16. The van der Waals surface area contributed by atoms with E-state index in [0.717, 1.165) is 11.1 Å². The molecule has 0 radical (unpaired) electrons. The lowest BCUT2D eigenvalue weighted by Crippen LogP contribution is -1.99. The van der Waals surface area contributed by atoms with Crippen molar-refractivity contribution >= 4 is 34.0 Å². The number of rotatable bonds is 4. The van der Waals surface area contributed by atoms with Crippen LogP contribution in [0.5, 0.6) is 11.5 Å². The van der Waals surface area contributed by atoms with Gasteiger partial charge in [-0.05, 0) is 29.8 Å². The molecule has 22 heavy (non-hydrogen) atoms. The van der Waals surface area contributed by atoms with Crippen molar-refractivity contribution < 1.29 is 9.47 Å². The Morgan fingerprint density at radius 2 is 1.64 bits per heavy atom. The van der Waals surface area contributed by atoms with E-state index < -0.39 is 0 Å². The van der Waals surface area contributed by atoms with Gasteiger partial charge in [-0.2, -0.15) is 4.98 Å². The molecule has 1 N–H and O–H groups in total. The third-order valence-corrected chi connectivity index (χ3v) is 3.38. The molecule has 0 saturated heterocycles. The second-order valence-electron chi connectivity index (χ2n) is 4.56. The van der Waals surface area contributed by atoms with Gasteiger partial charge in [0.25, 0.3) is 0 Å². The highest BCUT2D eigenvalue weighted by molar-refractivity contribution is 6.28. The molecular weight excluding hydrogens is 302 g/mol. The molecule has 3 rings (SSSR count). The van der Waals surface area contributed by atoms with Crippen molar-refractivity contribution in [3.05, 3.63) is 47.7 Å². The van der Waals surface area contributed by atoms with E-state index in [0.29, 0.717) is 22.8 Å². The van der Waals surface area contributed by atoms with Crippen molar-refractivity contribution in [3.63, 3.8) is 0 Å². The number of nitrogens with one attached hydrogen (secondary N) is 1. The van der Waals surface area contributed by atoms with Crippen LogP contribution in [0.25, 0.3) is 10.9 Å². The monoisotopic (exact) mass is 315 g/mol. The molecule has 5 nitrogen and oxygen atoms in total. The molecule has 0 aliphatic rings. The van der Waals surface area contributed by atoms with Crippen molar-refractivity contribution in [2.45, 2.75) is 0 Å². The number of hydrogen-bond donors (Lipinski definition) is 1. The molecule has 3 aromatic rings. The molecule has 0 spiro atoms. The van der Waals surface area contributed by atoms with Gasteiger partial charge in [-0.25, -0.2) is 4.98 Å². The van der Waals surface area contributed by atoms with Gasteiger partial charge in [0, 0.05) is 17.1 Å². The van der Waals surface area contributed by atoms with E-state index in [1.54, 1.807) is 20.3 Å². The Labute approximate surface area is 132 Å². The van der Waals surface area contributed by atoms with Gasteiger partial charge in [0.15, 0.2) is 11.5 Å². The smallest absolute Gasteiger partial charge is 0.224 e. The molecule has 0 aliphatic carbocycles. The van der Waals surface area contributed by atoms with Gasteiger partial charge < -0.3 is 14.8 Å². The van der Waals surface area contributed by atoms with Crippen LogP contribution in [0.4, 0.5) is 11.5 Å². The highest BCUT2D eigenvalue weighted by atomic mass is 35.5. The summed E-state index contributed by atoms with van der Waals surface area (Å²) in [5.74, 6) is 1.81. The molecule has 6 heteroatoms. The van der Waals surface area contributed by atoms with Gasteiger partial charge in [0.05, 0.1) is 19.7 Å². The van der Waals surface area contributed by atoms with Gasteiger partial charge in [0.2, 0.25) is 5.28 Å². The lowest BCUT2D eigenvalue weighted by atomic mass is 10.2. The Kier molecular flexibility index (Phi) is 3.98. The minimum absolute atomic E-state index is 0.165. The predicted octanol–water partition coefficient (Wildman–Crippen LogP) is 4.04. The molecule has 0 bridgehead atoms. The molecule has 0 saturated carbocycles. The fourth-order valence-corrected chi connectivity index (χ4v) is 2.36. The lowest BCUT2D eigenvalue weighted by Gasteiger charge is -2.12. The number of fused-ring (bicyclic) bond motifs is 1. The molecule has 0 aliphatic heterocycles. The predicted molar refractivity (Wildman–Crippen MR) is 87.4 cm³/mol. The fourth-order valence-electron chi connectivity index (χ4n) is 2.18. The summed E-state index contributed by atoms with van der Waals surface area (Å²) in [6.07, 6.45) is 0. The third-order valence-electron chi connectivity index (χ3n) is 3.21. The Hall–Kier alpha value is -2.53. The summed E-state index contributed by atoms with van der Waals surface area (Å²) in [4.78, 5) is 8.52. The third kappa shape index (κ3) is 2.76. The minimum Gasteiger partial charge on any atom is -0.493 e. The molecule has 0 amide bonds. The highest BCUT2D eigenvalue weighted by Crippen LogP contribution is 2.35. The number of aromatic nitrogens is 2. The first-order chi connectivity index (χ1) is 10.7. The van der Waals surface area contributed by atoms with Crippen LogP contribution in [0.15, 0.2) is 42.5 Å². The van der Waals surface area contributed by atoms with E-state index in [2.05, 4.69) is 15.3 Å². The number of benzene rings is 2. The summed E-state index contributed by atoms with van der Waals surface area (Å²) >= 11 is 6.02. The number of methoxy groups -OCH3 is 2. The Morgan fingerprint density at radius 1 is 0.955 bits per heavy atom. The normalized spacial score (nSPS) is 10.5. The average molecular weight is 316 g/mol. The molecule has 2 aromatic carbocycles. The van der Waals surface area contributed by atoms with Crippen LogP contribution in [0.2, 0.25) is 5.28 Å². The highest BCUT2D eigenvalue weighted by Gasteiger charge is 2.12. The molecular formula is C16H14ClN3O2. The van der Waals surface area contributed by atoms with Crippen LogP contribution in [0.3, 0.4) is 0 Å². The summed E-state index contributed by atoms with van der Waals surface area (Å²) in [6.45, 7) is 0. The molecule has 0 unspecified atom stereocenters. The second-order valence-corrected chi connectivity index (χ2v) is 4.89. The first-order valence-corrected chi connectivity index (χ1v) is 7.00. The topological polar surface area (TPSA) is 56.3 Å². The summed E-state index contributed by atoms with van der Waals surface area (Å²) in [5, 5.41) is 4.21. The maximum atomic E-state index is 6.02. The number of halogens is 1. The van der Waals surface area contributed by atoms with Crippen molar-refractivity contribution in [3.8, 4) is 11.5 Å². The van der Waals surface area contributed by atoms with E-state index in [1.807, 2.05) is 36.4 Å². The average Bonchev–Trinajstić information content (AvgIpc) is 2.54. The number of para-hydroxylation sites is 1. The van der Waals surface area contributed by atoms with Crippen LogP contribution >= 0.6 is 11.6 Å². The number of anilines is 2. The van der Waals surface area contributed by atoms with Crippen molar-refractivity contribution in [2.75, 3.05) is 19.5 Å². The van der Waals surface area contributed by atoms with E-state index in [4.69, 9.17) is 21.1 Å². The van der Waals surface area contributed by atoms with E-state index >= 15 is 0 Å². The zero-order valence-electron chi connectivity index (χ0n) is 12.1. The maximum Gasteiger partial charge on any atom is 0.224 e.